The molecule has 0 saturated carbocycles. The van der Waals surface area contributed by atoms with E-state index in [4.69, 9.17) is 4.74 Å². The monoisotopic (exact) mass is 403 g/mol. The summed E-state index contributed by atoms with van der Waals surface area (Å²) < 4.78 is 20.1. The van der Waals surface area contributed by atoms with E-state index in [-0.39, 0.29) is 6.10 Å². The molecule has 0 radical (unpaired) electrons. The van der Waals surface area contributed by atoms with Gasteiger partial charge in [0.1, 0.15) is 18.3 Å². The quantitative estimate of drug-likeness (QED) is 0.693. The maximum atomic E-state index is 14.7. The fraction of sp³-hybridized carbons (Fsp3) is 0.333. The summed E-state index contributed by atoms with van der Waals surface area (Å²) in [5, 5.41) is 8.08. The number of halogens is 1. The fourth-order valence-electron chi connectivity index (χ4n) is 3.16. The van der Waals surface area contributed by atoms with Gasteiger partial charge in [-0.1, -0.05) is 0 Å². The average Bonchev–Trinajstić information content (AvgIpc) is 3.36. The molecule has 1 aromatic carbocycles. The van der Waals surface area contributed by atoms with Gasteiger partial charge < -0.3 is 9.64 Å². The Morgan fingerprint density at radius 3 is 2.93 bits per heavy atom. The number of carbonyl (C=O) groups is 2. The summed E-state index contributed by atoms with van der Waals surface area (Å²) in [6, 6.07) is 4.60. The van der Waals surface area contributed by atoms with Crippen molar-refractivity contribution in [2.24, 2.45) is 5.10 Å². The van der Waals surface area contributed by atoms with Crippen LogP contribution >= 0.6 is 11.3 Å². The second-order valence-corrected chi connectivity index (χ2v) is 7.39. The number of benzene rings is 1. The first-order valence-electron chi connectivity index (χ1n) is 8.83. The molecule has 146 valence electrons. The molecular weight excluding hydrogens is 385 g/mol. The van der Waals surface area contributed by atoms with Crippen LogP contribution in [-0.2, 0) is 16.0 Å². The number of nitrogens with zero attached hydrogens (tertiary/aromatic N) is 5. The first-order chi connectivity index (χ1) is 13.6. The fourth-order valence-corrected chi connectivity index (χ4v) is 3.79. The highest BCUT2D eigenvalue weighted by molar-refractivity contribution is 7.09. The molecule has 8 nitrogen and oxygen atoms in total. The van der Waals surface area contributed by atoms with Crippen LogP contribution in [0, 0.1) is 5.82 Å². The van der Waals surface area contributed by atoms with Crippen LogP contribution in [0.25, 0.3) is 0 Å². The smallest absolute Gasteiger partial charge is 0.414 e. The minimum Gasteiger partial charge on any atom is -0.444 e. The average molecular weight is 403 g/mol. The highest BCUT2D eigenvalue weighted by Gasteiger charge is 2.32. The summed E-state index contributed by atoms with van der Waals surface area (Å²) >= 11 is 1.57. The number of rotatable bonds is 6. The summed E-state index contributed by atoms with van der Waals surface area (Å²) in [5.74, 6) is -0.470. The van der Waals surface area contributed by atoms with E-state index in [1.165, 1.54) is 22.3 Å². The van der Waals surface area contributed by atoms with Crippen LogP contribution in [0.1, 0.15) is 11.4 Å². The molecule has 0 bridgehead atoms. The molecule has 0 N–H and O–H groups in total. The van der Waals surface area contributed by atoms with E-state index in [0.29, 0.717) is 43.8 Å². The molecule has 4 rings (SSSR count). The Hall–Kier alpha value is -3.01. The van der Waals surface area contributed by atoms with Crippen molar-refractivity contribution in [3.05, 3.63) is 40.6 Å². The van der Waals surface area contributed by atoms with Gasteiger partial charge in [0.05, 0.1) is 29.5 Å². The SMILES string of the molecule is O=CN1CCN(c2ccc(N3C[C@H](CCc4nccs4)OC3=O)cc2F)C=N1. The van der Waals surface area contributed by atoms with E-state index < -0.39 is 11.9 Å². The number of aryl methyl sites for hydroxylation is 1. The zero-order valence-electron chi connectivity index (χ0n) is 14.9. The normalized spacial score (nSPS) is 19.2. The molecule has 28 heavy (non-hydrogen) atoms. The first-order valence-corrected chi connectivity index (χ1v) is 9.71. The summed E-state index contributed by atoms with van der Waals surface area (Å²) in [5.41, 5.74) is 0.789. The van der Waals surface area contributed by atoms with Gasteiger partial charge in [-0.05, 0) is 24.6 Å². The Morgan fingerprint density at radius 1 is 1.36 bits per heavy atom. The zero-order chi connectivity index (χ0) is 19.5. The van der Waals surface area contributed by atoms with Crippen molar-refractivity contribution >= 4 is 41.6 Å². The molecule has 2 aliphatic rings. The van der Waals surface area contributed by atoms with Crippen molar-refractivity contribution in [2.45, 2.75) is 18.9 Å². The summed E-state index contributed by atoms with van der Waals surface area (Å²) in [7, 11) is 0. The van der Waals surface area contributed by atoms with E-state index in [1.807, 2.05) is 5.38 Å². The third-order valence-electron chi connectivity index (χ3n) is 4.62. The largest absolute Gasteiger partial charge is 0.444 e. The highest BCUT2D eigenvalue weighted by atomic mass is 32.1. The second kappa shape index (κ2) is 7.93. The van der Waals surface area contributed by atoms with Crippen LogP contribution in [0.3, 0.4) is 0 Å². The van der Waals surface area contributed by atoms with E-state index in [9.17, 15) is 14.0 Å². The lowest BCUT2D eigenvalue weighted by Crippen LogP contribution is -2.37. The van der Waals surface area contributed by atoms with Gasteiger partial charge in [0.15, 0.2) is 0 Å². The third kappa shape index (κ3) is 3.81. The number of thiazole rings is 1. The van der Waals surface area contributed by atoms with Crippen LogP contribution < -0.4 is 9.80 Å². The van der Waals surface area contributed by atoms with Crippen molar-refractivity contribution < 1.29 is 18.7 Å². The van der Waals surface area contributed by atoms with Crippen LogP contribution in [-0.4, -0.2) is 54.6 Å². The number of ether oxygens (including phenoxy) is 1. The van der Waals surface area contributed by atoms with Crippen LogP contribution in [0.15, 0.2) is 34.9 Å². The molecule has 1 saturated heterocycles. The third-order valence-corrected chi connectivity index (χ3v) is 5.46. The lowest BCUT2D eigenvalue weighted by molar-refractivity contribution is -0.118. The molecular formula is C18H18FN5O3S. The van der Waals surface area contributed by atoms with Gasteiger partial charge in [0, 0.05) is 24.5 Å². The minimum absolute atomic E-state index is 0.248. The number of carbonyl (C=O) groups excluding carboxylic acids is 2. The highest BCUT2D eigenvalue weighted by Crippen LogP contribution is 2.29. The van der Waals surface area contributed by atoms with Crippen molar-refractivity contribution in [1.82, 2.24) is 9.99 Å². The van der Waals surface area contributed by atoms with Gasteiger partial charge in [-0.2, -0.15) is 5.10 Å². The maximum Gasteiger partial charge on any atom is 0.414 e. The van der Waals surface area contributed by atoms with E-state index in [2.05, 4.69) is 10.1 Å². The Bertz CT molecular complexity index is 891. The minimum atomic E-state index is -0.475. The maximum absolute atomic E-state index is 14.7. The molecule has 1 fully saturated rings. The number of amides is 2. The lowest BCUT2D eigenvalue weighted by Gasteiger charge is -2.27. The molecule has 2 amide bonds. The van der Waals surface area contributed by atoms with Crippen LogP contribution in [0.4, 0.5) is 20.6 Å². The van der Waals surface area contributed by atoms with E-state index >= 15 is 0 Å². The molecule has 0 spiro atoms. The number of hydrazone groups is 1. The first kappa shape index (κ1) is 18.4. The summed E-state index contributed by atoms with van der Waals surface area (Å²) in [6.45, 7) is 1.19. The molecule has 0 aliphatic carbocycles. The van der Waals surface area contributed by atoms with Crippen molar-refractivity contribution in [1.29, 1.82) is 0 Å². The number of cyclic esters (lactones) is 1. The van der Waals surface area contributed by atoms with E-state index in [1.54, 1.807) is 34.6 Å². The molecule has 0 unspecified atom stereocenters. The predicted octanol–water partition coefficient (Wildman–Crippen LogP) is 2.46. The van der Waals surface area contributed by atoms with E-state index in [0.717, 1.165) is 11.4 Å². The standard InChI is InChI=1S/C18H18FN5O3S/c19-15-9-13(1-3-16(15)22-6-7-23(12-25)21-11-22)24-10-14(27-18(24)26)2-4-17-20-5-8-28-17/h1,3,5,8-9,11-12,14H,2,4,6-7,10H2/t14-/m0/s1. The summed E-state index contributed by atoms with van der Waals surface area (Å²) in [6.07, 6.45) is 4.48. The number of anilines is 2. The number of hydrogen-bond acceptors (Lipinski definition) is 7. The van der Waals surface area contributed by atoms with Gasteiger partial charge in [-0.3, -0.25) is 9.69 Å². The topological polar surface area (TPSA) is 78.3 Å². The Labute approximate surface area is 164 Å². The molecule has 2 aliphatic heterocycles. The Kier molecular flexibility index (Phi) is 5.20. The number of hydrogen-bond donors (Lipinski definition) is 0. The second-order valence-electron chi connectivity index (χ2n) is 6.41. The van der Waals surface area contributed by atoms with Crippen molar-refractivity contribution in [3.8, 4) is 0 Å². The molecule has 10 heteroatoms. The van der Waals surface area contributed by atoms with Crippen molar-refractivity contribution in [3.63, 3.8) is 0 Å². The Morgan fingerprint density at radius 2 is 2.25 bits per heavy atom. The molecule has 3 heterocycles. The van der Waals surface area contributed by atoms with Gasteiger partial charge in [-0.15, -0.1) is 11.3 Å². The molecule has 1 aromatic heterocycles. The molecule has 2 aromatic rings. The predicted molar refractivity (Wildman–Crippen MR) is 103 cm³/mol. The Balaban J connectivity index is 1.42. The number of aromatic nitrogens is 1. The molecule has 1 atom stereocenters. The van der Waals surface area contributed by atoms with Crippen LogP contribution in [0.5, 0.6) is 0 Å². The van der Waals surface area contributed by atoms with Crippen LogP contribution in [0.2, 0.25) is 0 Å². The van der Waals surface area contributed by atoms with Gasteiger partial charge >= 0.3 is 6.09 Å². The summed E-state index contributed by atoms with van der Waals surface area (Å²) in [4.78, 5) is 30.2. The van der Waals surface area contributed by atoms with Gasteiger partial charge in [0.2, 0.25) is 6.41 Å². The zero-order valence-corrected chi connectivity index (χ0v) is 15.7. The van der Waals surface area contributed by atoms with Crippen molar-refractivity contribution in [2.75, 3.05) is 29.4 Å². The van der Waals surface area contributed by atoms with Gasteiger partial charge in [0.25, 0.3) is 0 Å². The lowest BCUT2D eigenvalue weighted by atomic mass is 10.2. The van der Waals surface area contributed by atoms with Gasteiger partial charge in [-0.25, -0.2) is 19.2 Å².